The Hall–Kier alpha value is -3.50. The number of imide groups is 1. The molecule has 0 bridgehead atoms. The van der Waals surface area contributed by atoms with Crippen LogP contribution in [0.3, 0.4) is 0 Å². The number of nitrogens with zero attached hydrogens (tertiary/aromatic N) is 2. The van der Waals surface area contributed by atoms with Crippen LogP contribution in [0.15, 0.2) is 47.4 Å². The third-order valence-corrected chi connectivity index (χ3v) is 7.00. The van der Waals surface area contributed by atoms with Crippen molar-refractivity contribution in [3.63, 3.8) is 0 Å². The van der Waals surface area contributed by atoms with Crippen molar-refractivity contribution < 1.29 is 28.6 Å². The first-order chi connectivity index (χ1) is 17.9. The Labute approximate surface area is 220 Å². The molecule has 9 nitrogen and oxygen atoms in total. The summed E-state index contributed by atoms with van der Waals surface area (Å²) in [5.41, 5.74) is 2.19. The molecule has 2 heterocycles. The van der Waals surface area contributed by atoms with E-state index in [1.54, 1.807) is 37.5 Å². The number of benzene rings is 2. The minimum atomic E-state index is -0.509. The van der Waals surface area contributed by atoms with Crippen LogP contribution in [0, 0.1) is 0 Å². The minimum Gasteiger partial charge on any atom is -0.493 e. The highest BCUT2D eigenvalue weighted by molar-refractivity contribution is 8.18. The van der Waals surface area contributed by atoms with Crippen LogP contribution in [-0.2, 0) is 14.3 Å². The number of amides is 3. The Morgan fingerprint density at radius 1 is 1.16 bits per heavy atom. The quantitative estimate of drug-likeness (QED) is 0.482. The van der Waals surface area contributed by atoms with Gasteiger partial charge in [-0.2, -0.15) is 0 Å². The molecule has 0 radical (unpaired) electrons. The van der Waals surface area contributed by atoms with E-state index in [4.69, 9.17) is 14.2 Å². The van der Waals surface area contributed by atoms with Crippen LogP contribution in [0.5, 0.6) is 11.5 Å². The van der Waals surface area contributed by atoms with Crippen LogP contribution in [0.4, 0.5) is 16.2 Å². The molecule has 3 amide bonds. The van der Waals surface area contributed by atoms with Gasteiger partial charge in [0.05, 0.1) is 42.7 Å². The predicted molar refractivity (Wildman–Crippen MR) is 144 cm³/mol. The first kappa shape index (κ1) is 26.6. The summed E-state index contributed by atoms with van der Waals surface area (Å²) in [5, 5.41) is 2.37. The summed E-state index contributed by atoms with van der Waals surface area (Å²) < 4.78 is 16.7. The standard InChI is InChI=1S/C27H31N3O6S/c1-4-18(2)36-22-10-9-19(15-23(22)34-3)16-24-26(32)30(27(33)37-24)17-25(31)28-20-7-5-6-8-21(20)29-11-13-35-14-12-29/h5-10,15-16,18H,4,11-14,17H2,1-3H3,(H,28,31)/b24-16-/t18-/m0/s1. The third-order valence-electron chi connectivity index (χ3n) is 6.09. The van der Waals surface area contributed by atoms with Gasteiger partial charge in [-0.05, 0) is 61.0 Å². The zero-order valence-corrected chi connectivity index (χ0v) is 22.0. The second-order valence-electron chi connectivity index (χ2n) is 8.68. The summed E-state index contributed by atoms with van der Waals surface area (Å²) in [6, 6.07) is 12.8. The van der Waals surface area contributed by atoms with Gasteiger partial charge >= 0.3 is 0 Å². The number of nitrogens with one attached hydrogen (secondary N) is 1. The van der Waals surface area contributed by atoms with Crippen LogP contribution < -0.4 is 19.7 Å². The Bertz CT molecular complexity index is 1190. The fourth-order valence-electron chi connectivity index (χ4n) is 3.95. The maximum atomic E-state index is 13.0. The van der Waals surface area contributed by atoms with E-state index in [9.17, 15) is 14.4 Å². The molecule has 2 aliphatic rings. The van der Waals surface area contributed by atoms with Gasteiger partial charge in [0.2, 0.25) is 5.91 Å². The summed E-state index contributed by atoms with van der Waals surface area (Å²) in [7, 11) is 1.55. The van der Waals surface area contributed by atoms with Gasteiger partial charge in [0.25, 0.3) is 11.1 Å². The number of methoxy groups -OCH3 is 1. The molecule has 2 saturated heterocycles. The average molecular weight is 526 g/mol. The van der Waals surface area contributed by atoms with Gasteiger partial charge in [-0.1, -0.05) is 25.1 Å². The zero-order valence-electron chi connectivity index (χ0n) is 21.2. The molecule has 0 aromatic heterocycles. The molecule has 0 saturated carbocycles. The average Bonchev–Trinajstić information content (AvgIpc) is 3.17. The van der Waals surface area contributed by atoms with Crippen molar-refractivity contribution in [3.8, 4) is 11.5 Å². The van der Waals surface area contributed by atoms with Crippen LogP contribution in [0.2, 0.25) is 0 Å². The van der Waals surface area contributed by atoms with Crippen molar-refractivity contribution >= 4 is 46.3 Å². The first-order valence-corrected chi connectivity index (χ1v) is 13.0. The highest BCUT2D eigenvalue weighted by Crippen LogP contribution is 2.35. The van der Waals surface area contributed by atoms with Crippen LogP contribution in [0.25, 0.3) is 6.08 Å². The number of thioether (sulfide) groups is 1. The van der Waals surface area contributed by atoms with Crippen molar-refractivity contribution in [3.05, 3.63) is 52.9 Å². The fourth-order valence-corrected chi connectivity index (χ4v) is 4.79. The number of anilines is 2. The van der Waals surface area contributed by atoms with Gasteiger partial charge in [-0.15, -0.1) is 0 Å². The number of rotatable bonds is 9. The number of carbonyl (C=O) groups excluding carboxylic acids is 3. The van der Waals surface area contributed by atoms with E-state index in [0.29, 0.717) is 36.0 Å². The second-order valence-corrected chi connectivity index (χ2v) is 9.67. The van der Waals surface area contributed by atoms with Crippen molar-refractivity contribution in [2.24, 2.45) is 0 Å². The number of ether oxygens (including phenoxy) is 3. The van der Waals surface area contributed by atoms with E-state index in [2.05, 4.69) is 10.2 Å². The topological polar surface area (TPSA) is 97.4 Å². The predicted octanol–water partition coefficient (Wildman–Crippen LogP) is 4.38. The number of hydrogen-bond donors (Lipinski definition) is 1. The van der Waals surface area contributed by atoms with Gasteiger partial charge in [-0.3, -0.25) is 19.3 Å². The Morgan fingerprint density at radius 3 is 2.65 bits per heavy atom. The van der Waals surface area contributed by atoms with Gasteiger partial charge in [0.15, 0.2) is 11.5 Å². The maximum absolute atomic E-state index is 13.0. The van der Waals surface area contributed by atoms with E-state index in [1.807, 2.05) is 32.0 Å². The van der Waals surface area contributed by atoms with Crippen molar-refractivity contribution in [2.75, 3.05) is 50.2 Å². The molecule has 196 valence electrons. The Morgan fingerprint density at radius 2 is 1.92 bits per heavy atom. The van der Waals surface area contributed by atoms with Crippen molar-refractivity contribution in [1.29, 1.82) is 0 Å². The lowest BCUT2D eigenvalue weighted by Crippen LogP contribution is -2.38. The molecule has 2 aliphatic heterocycles. The zero-order chi connectivity index (χ0) is 26.4. The molecular formula is C27H31N3O6S. The fraction of sp³-hybridized carbons (Fsp3) is 0.370. The summed E-state index contributed by atoms with van der Waals surface area (Å²) in [6.07, 6.45) is 2.50. The third kappa shape index (κ3) is 6.44. The summed E-state index contributed by atoms with van der Waals surface area (Å²) in [5.74, 6) is 0.186. The lowest BCUT2D eigenvalue weighted by Gasteiger charge is -2.30. The Balaban J connectivity index is 1.44. The van der Waals surface area contributed by atoms with Crippen LogP contribution in [-0.4, -0.2) is 68.0 Å². The smallest absolute Gasteiger partial charge is 0.294 e. The molecule has 0 aliphatic carbocycles. The van der Waals surface area contributed by atoms with E-state index in [-0.39, 0.29) is 17.6 Å². The van der Waals surface area contributed by atoms with E-state index >= 15 is 0 Å². The molecule has 2 fully saturated rings. The molecule has 0 spiro atoms. The summed E-state index contributed by atoms with van der Waals surface area (Å²) in [6.45, 7) is 6.30. The van der Waals surface area contributed by atoms with E-state index in [0.717, 1.165) is 41.9 Å². The lowest BCUT2D eigenvalue weighted by atomic mass is 10.1. The SMILES string of the molecule is CC[C@H](C)Oc1ccc(/C=C2\SC(=O)N(CC(=O)Nc3ccccc3N3CCOCC3)C2=O)cc1OC. The monoisotopic (exact) mass is 525 g/mol. The van der Waals surface area contributed by atoms with Crippen molar-refractivity contribution in [2.45, 2.75) is 26.4 Å². The second kappa shape index (κ2) is 12.2. The largest absolute Gasteiger partial charge is 0.493 e. The molecule has 2 aromatic carbocycles. The number of carbonyl (C=O) groups is 3. The highest BCUT2D eigenvalue weighted by Gasteiger charge is 2.36. The minimum absolute atomic E-state index is 0.0308. The summed E-state index contributed by atoms with van der Waals surface area (Å²) >= 11 is 0.807. The van der Waals surface area contributed by atoms with Gasteiger partial charge in [0.1, 0.15) is 6.54 Å². The summed E-state index contributed by atoms with van der Waals surface area (Å²) in [4.78, 5) is 41.8. The van der Waals surface area contributed by atoms with E-state index in [1.165, 1.54) is 0 Å². The van der Waals surface area contributed by atoms with Gasteiger partial charge in [0, 0.05) is 13.1 Å². The number of morpholine rings is 1. The van der Waals surface area contributed by atoms with Crippen LogP contribution >= 0.6 is 11.8 Å². The number of para-hydroxylation sites is 2. The molecule has 4 rings (SSSR count). The lowest BCUT2D eigenvalue weighted by molar-refractivity contribution is -0.127. The van der Waals surface area contributed by atoms with Crippen molar-refractivity contribution in [1.82, 2.24) is 4.90 Å². The molecule has 37 heavy (non-hydrogen) atoms. The molecular weight excluding hydrogens is 494 g/mol. The van der Waals surface area contributed by atoms with Crippen LogP contribution in [0.1, 0.15) is 25.8 Å². The molecule has 1 N–H and O–H groups in total. The Kier molecular flexibility index (Phi) is 8.73. The maximum Gasteiger partial charge on any atom is 0.294 e. The first-order valence-electron chi connectivity index (χ1n) is 12.2. The molecule has 0 unspecified atom stereocenters. The van der Waals surface area contributed by atoms with Gasteiger partial charge in [-0.25, -0.2) is 0 Å². The highest BCUT2D eigenvalue weighted by atomic mass is 32.2. The molecule has 2 aromatic rings. The van der Waals surface area contributed by atoms with Gasteiger partial charge < -0.3 is 24.4 Å². The van der Waals surface area contributed by atoms with E-state index < -0.39 is 17.1 Å². The normalized spacial score (nSPS) is 17.8. The number of hydrogen-bond acceptors (Lipinski definition) is 8. The molecule has 1 atom stereocenters. The molecule has 10 heteroatoms.